The van der Waals surface area contributed by atoms with Crippen LogP contribution in [0.5, 0.6) is 0 Å². The first-order chi connectivity index (χ1) is 13.5. The molecule has 3 rings (SSSR count). The fourth-order valence-corrected chi connectivity index (χ4v) is 2.53. The second kappa shape index (κ2) is 8.77. The fraction of sp³-hybridized carbons (Fsp3) is 0.0435. The maximum atomic E-state index is 14.1. The van der Waals surface area contributed by atoms with E-state index in [0.717, 1.165) is 5.56 Å². The van der Waals surface area contributed by atoms with Crippen molar-refractivity contribution in [2.45, 2.75) is 6.92 Å². The summed E-state index contributed by atoms with van der Waals surface area (Å²) in [5, 5.41) is 5.31. The van der Waals surface area contributed by atoms with Crippen molar-refractivity contribution in [3.8, 4) is 0 Å². The molecule has 0 aromatic heterocycles. The third-order valence-electron chi connectivity index (χ3n) is 4.04. The third kappa shape index (κ3) is 4.92. The first-order valence-electron chi connectivity index (χ1n) is 8.73. The van der Waals surface area contributed by atoms with Gasteiger partial charge in [-0.05, 0) is 43.3 Å². The molecule has 4 nitrogen and oxygen atoms in total. The van der Waals surface area contributed by atoms with E-state index in [1.165, 1.54) is 18.2 Å². The van der Waals surface area contributed by atoms with E-state index in [1.54, 1.807) is 54.6 Å². The Bertz CT molecular complexity index is 1010. The number of halogens is 1. The normalized spacial score (nSPS) is 11.0. The van der Waals surface area contributed by atoms with E-state index in [2.05, 4.69) is 10.6 Å². The molecule has 28 heavy (non-hydrogen) atoms. The van der Waals surface area contributed by atoms with Gasteiger partial charge < -0.3 is 10.6 Å². The molecular weight excluding hydrogens is 355 g/mol. The van der Waals surface area contributed by atoms with Gasteiger partial charge in [0.05, 0.1) is 0 Å². The quantitative estimate of drug-likeness (QED) is 0.644. The monoisotopic (exact) mass is 374 g/mol. The zero-order valence-corrected chi connectivity index (χ0v) is 15.3. The lowest BCUT2D eigenvalue weighted by Gasteiger charge is -2.12. The van der Waals surface area contributed by atoms with Crippen LogP contribution in [-0.2, 0) is 4.79 Å². The van der Waals surface area contributed by atoms with Gasteiger partial charge in [0.15, 0.2) is 0 Å². The van der Waals surface area contributed by atoms with Gasteiger partial charge in [0.1, 0.15) is 11.5 Å². The molecule has 0 aliphatic heterocycles. The molecule has 0 aliphatic rings. The molecule has 5 heteroatoms. The zero-order chi connectivity index (χ0) is 19.9. The minimum atomic E-state index is -0.545. The van der Waals surface area contributed by atoms with Crippen LogP contribution < -0.4 is 10.6 Å². The van der Waals surface area contributed by atoms with Gasteiger partial charge in [-0.2, -0.15) is 0 Å². The molecule has 0 saturated carbocycles. The van der Waals surface area contributed by atoms with Crippen LogP contribution in [0.25, 0.3) is 6.08 Å². The molecule has 0 aliphatic carbocycles. The lowest BCUT2D eigenvalue weighted by Crippen LogP contribution is -2.30. The smallest absolute Gasteiger partial charge is 0.272 e. The van der Waals surface area contributed by atoms with Crippen LogP contribution in [0.3, 0.4) is 0 Å². The lowest BCUT2D eigenvalue weighted by atomic mass is 10.1. The van der Waals surface area contributed by atoms with Crippen molar-refractivity contribution in [2.75, 3.05) is 5.32 Å². The number of hydrogen-bond donors (Lipinski definition) is 2. The topological polar surface area (TPSA) is 58.2 Å². The number of hydrogen-bond acceptors (Lipinski definition) is 2. The standard InChI is InChI=1S/C23H19FN2O2/c1-16-11-13-19(14-12-16)25-23(28)21(15-18-9-5-6-10-20(18)24)26-22(27)17-7-3-2-4-8-17/h2-15H,1H3,(H,25,28)(H,26,27)/b21-15+. The Morgan fingerprint density at radius 3 is 2.18 bits per heavy atom. The van der Waals surface area contributed by atoms with Crippen molar-refractivity contribution in [3.05, 3.63) is 107 Å². The summed E-state index contributed by atoms with van der Waals surface area (Å²) in [5.41, 5.74) is 2.16. The second-order valence-corrected chi connectivity index (χ2v) is 6.22. The number of carbonyl (C=O) groups is 2. The van der Waals surface area contributed by atoms with Gasteiger partial charge in [-0.25, -0.2) is 4.39 Å². The van der Waals surface area contributed by atoms with E-state index in [4.69, 9.17) is 0 Å². The highest BCUT2D eigenvalue weighted by Crippen LogP contribution is 2.14. The Hall–Kier alpha value is -3.73. The summed E-state index contributed by atoms with van der Waals surface area (Å²) in [5.74, 6) is -1.49. The first-order valence-corrected chi connectivity index (χ1v) is 8.73. The van der Waals surface area contributed by atoms with E-state index < -0.39 is 17.6 Å². The van der Waals surface area contributed by atoms with Crippen LogP contribution in [0.2, 0.25) is 0 Å². The molecule has 2 amide bonds. The van der Waals surface area contributed by atoms with Gasteiger partial charge in [0, 0.05) is 16.8 Å². The molecule has 0 heterocycles. The molecule has 0 fully saturated rings. The molecule has 3 aromatic carbocycles. The molecule has 0 radical (unpaired) electrons. The number of aryl methyl sites for hydroxylation is 1. The molecule has 0 saturated heterocycles. The first kappa shape index (κ1) is 19.0. The molecule has 140 valence electrons. The fourth-order valence-electron chi connectivity index (χ4n) is 2.53. The summed E-state index contributed by atoms with van der Waals surface area (Å²) >= 11 is 0. The Kier molecular flexibility index (Phi) is 5.97. The summed E-state index contributed by atoms with van der Waals surface area (Å²) in [6.45, 7) is 1.94. The van der Waals surface area contributed by atoms with Crippen molar-refractivity contribution in [1.29, 1.82) is 0 Å². The maximum Gasteiger partial charge on any atom is 0.272 e. The van der Waals surface area contributed by atoms with Gasteiger partial charge >= 0.3 is 0 Å². The van der Waals surface area contributed by atoms with Crippen LogP contribution >= 0.6 is 0 Å². The zero-order valence-electron chi connectivity index (χ0n) is 15.3. The van der Waals surface area contributed by atoms with E-state index in [1.807, 2.05) is 19.1 Å². The Balaban J connectivity index is 1.89. The van der Waals surface area contributed by atoms with Gasteiger partial charge in [-0.1, -0.05) is 54.1 Å². The van der Waals surface area contributed by atoms with Gasteiger partial charge in [-0.15, -0.1) is 0 Å². The van der Waals surface area contributed by atoms with Crippen LogP contribution in [0.4, 0.5) is 10.1 Å². The van der Waals surface area contributed by atoms with Crippen LogP contribution in [0.15, 0.2) is 84.6 Å². The van der Waals surface area contributed by atoms with E-state index >= 15 is 0 Å². The molecule has 0 atom stereocenters. The lowest BCUT2D eigenvalue weighted by molar-refractivity contribution is -0.113. The van der Waals surface area contributed by atoms with Gasteiger partial charge in [-0.3, -0.25) is 9.59 Å². The van der Waals surface area contributed by atoms with Crippen molar-refractivity contribution in [1.82, 2.24) is 5.32 Å². The minimum Gasteiger partial charge on any atom is -0.321 e. The maximum absolute atomic E-state index is 14.1. The predicted octanol–water partition coefficient (Wildman–Crippen LogP) is 4.54. The SMILES string of the molecule is Cc1ccc(NC(=O)/C(=C\c2ccccc2F)NC(=O)c2ccccc2)cc1. The number of carbonyl (C=O) groups excluding carboxylic acids is 2. The highest BCUT2D eigenvalue weighted by Gasteiger charge is 2.15. The number of nitrogens with one attached hydrogen (secondary N) is 2. The van der Waals surface area contributed by atoms with Crippen LogP contribution in [-0.4, -0.2) is 11.8 Å². The minimum absolute atomic E-state index is 0.0560. The van der Waals surface area contributed by atoms with Gasteiger partial charge in [0.25, 0.3) is 11.8 Å². The second-order valence-electron chi connectivity index (χ2n) is 6.22. The highest BCUT2D eigenvalue weighted by molar-refractivity contribution is 6.10. The van der Waals surface area contributed by atoms with E-state index in [-0.39, 0.29) is 11.3 Å². The van der Waals surface area contributed by atoms with E-state index in [0.29, 0.717) is 11.3 Å². The van der Waals surface area contributed by atoms with Crippen LogP contribution in [0, 0.1) is 12.7 Å². The average molecular weight is 374 g/mol. The van der Waals surface area contributed by atoms with Crippen molar-refractivity contribution in [3.63, 3.8) is 0 Å². The molecule has 0 spiro atoms. The largest absolute Gasteiger partial charge is 0.321 e. The Morgan fingerprint density at radius 2 is 1.50 bits per heavy atom. The predicted molar refractivity (Wildman–Crippen MR) is 108 cm³/mol. The van der Waals surface area contributed by atoms with Crippen LogP contribution in [0.1, 0.15) is 21.5 Å². The molecule has 2 N–H and O–H groups in total. The van der Waals surface area contributed by atoms with Gasteiger partial charge in [0.2, 0.25) is 0 Å². The summed E-state index contributed by atoms with van der Waals surface area (Å²) in [6.07, 6.45) is 1.32. The Labute approximate surface area is 162 Å². The third-order valence-corrected chi connectivity index (χ3v) is 4.04. The number of rotatable bonds is 5. The molecule has 0 bridgehead atoms. The highest BCUT2D eigenvalue weighted by atomic mass is 19.1. The summed E-state index contributed by atoms with van der Waals surface area (Å²) < 4.78 is 14.1. The van der Waals surface area contributed by atoms with Crippen molar-refractivity contribution < 1.29 is 14.0 Å². The molecule has 3 aromatic rings. The number of benzene rings is 3. The summed E-state index contributed by atoms with van der Waals surface area (Å²) in [7, 11) is 0. The molecule has 0 unspecified atom stereocenters. The van der Waals surface area contributed by atoms with Crippen molar-refractivity contribution in [2.24, 2.45) is 0 Å². The molecular formula is C23H19FN2O2. The van der Waals surface area contributed by atoms with E-state index in [9.17, 15) is 14.0 Å². The number of amides is 2. The Morgan fingerprint density at radius 1 is 0.857 bits per heavy atom. The summed E-state index contributed by atoms with van der Waals surface area (Å²) in [4.78, 5) is 25.3. The van der Waals surface area contributed by atoms with Crippen molar-refractivity contribution >= 4 is 23.6 Å². The number of anilines is 1. The average Bonchev–Trinajstić information content (AvgIpc) is 2.71. The summed E-state index contributed by atoms with van der Waals surface area (Å²) in [6, 6.07) is 21.8.